The van der Waals surface area contributed by atoms with Crippen LogP contribution >= 0.6 is 0 Å². The van der Waals surface area contributed by atoms with Gasteiger partial charge in [-0.1, -0.05) is 25.1 Å². The fourth-order valence-corrected chi connectivity index (χ4v) is 12.2. The molecule has 44 heavy (non-hydrogen) atoms. The van der Waals surface area contributed by atoms with Gasteiger partial charge < -0.3 is 33.5 Å². The van der Waals surface area contributed by atoms with Crippen LogP contribution in [0.5, 0.6) is 0 Å². The standard InChI is InChI=1S/C34H47NO9/c1-7-35-16-32(17-39-3)23(37)14-24(41-5)34-21-13-20-22(40-4)15-33(44-18(2)36,26(30(34)35)28(42-6)29(32)34)25(21)27(20)43-31(38)19-11-9-8-10-12-19/h8-12,20-30,37H,7,13-17H2,1-6H3/t20-,21+,22-,23+,24-,25+,26+,27-,28-,29+,30+,32-,33+,34-/m0/s1. The van der Waals surface area contributed by atoms with Gasteiger partial charge in [0.05, 0.1) is 36.6 Å². The van der Waals surface area contributed by atoms with Gasteiger partial charge in [0.15, 0.2) is 0 Å². The number of ether oxygens (including phenoxy) is 6. The van der Waals surface area contributed by atoms with Crippen LogP contribution in [0, 0.1) is 40.4 Å². The third-order valence-electron chi connectivity index (χ3n) is 13.0. The van der Waals surface area contributed by atoms with E-state index in [4.69, 9.17) is 28.4 Å². The molecule has 0 amide bonds. The average molecular weight is 614 g/mol. The quantitative estimate of drug-likeness (QED) is 0.417. The van der Waals surface area contributed by atoms with E-state index in [0.717, 1.165) is 13.0 Å². The van der Waals surface area contributed by atoms with Crippen LogP contribution in [0.2, 0.25) is 0 Å². The smallest absolute Gasteiger partial charge is 0.338 e. The Labute approximate surface area is 259 Å². The first kappa shape index (κ1) is 30.6. The molecule has 6 aliphatic rings. The van der Waals surface area contributed by atoms with Crippen molar-refractivity contribution in [3.63, 3.8) is 0 Å². The Balaban J connectivity index is 1.48. The highest BCUT2D eigenvalue weighted by Crippen LogP contribution is 2.80. The highest BCUT2D eigenvalue weighted by Gasteiger charge is 2.89. The Morgan fingerprint density at radius 3 is 2.36 bits per heavy atom. The van der Waals surface area contributed by atoms with Crippen LogP contribution < -0.4 is 0 Å². The summed E-state index contributed by atoms with van der Waals surface area (Å²) in [6.45, 7) is 5.40. The van der Waals surface area contributed by atoms with Gasteiger partial charge in [0.2, 0.25) is 0 Å². The second kappa shape index (κ2) is 10.7. The van der Waals surface area contributed by atoms with Crippen LogP contribution in [0.3, 0.4) is 0 Å². The van der Waals surface area contributed by atoms with Gasteiger partial charge in [0.25, 0.3) is 0 Å². The number of rotatable bonds is 9. The lowest BCUT2D eigenvalue weighted by Gasteiger charge is -2.70. The van der Waals surface area contributed by atoms with E-state index in [9.17, 15) is 14.7 Å². The molecule has 7 rings (SSSR count). The van der Waals surface area contributed by atoms with Crippen molar-refractivity contribution in [2.75, 3.05) is 48.1 Å². The minimum Gasteiger partial charge on any atom is -0.458 e. The molecule has 1 spiro atoms. The first-order valence-corrected chi connectivity index (χ1v) is 16.1. The fraction of sp³-hybridized carbons (Fsp3) is 0.765. The number of carbonyl (C=O) groups excluding carboxylic acids is 2. The summed E-state index contributed by atoms with van der Waals surface area (Å²) >= 11 is 0. The molecule has 14 atom stereocenters. The van der Waals surface area contributed by atoms with Crippen molar-refractivity contribution in [3.05, 3.63) is 35.9 Å². The summed E-state index contributed by atoms with van der Waals surface area (Å²) in [5.74, 6) is -1.57. The monoisotopic (exact) mass is 613 g/mol. The zero-order valence-electron chi connectivity index (χ0n) is 26.6. The lowest BCUT2D eigenvalue weighted by molar-refractivity contribution is -0.297. The maximum Gasteiger partial charge on any atom is 0.338 e. The van der Waals surface area contributed by atoms with Gasteiger partial charge in [-0.25, -0.2) is 4.79 Å². The molecule has 242 valence electrons. The van der Waals surface area contributed by atoms with Gasteiger partial charge in [-0.15, -0.1) is 0 Å². The SMILES string of the molecule is CCN1C[C@]2(COC)[C@H](O)C[C@H](OC)[C@@]34[C@@H]5C[C@@H]6[C@H](OC(=O)c7ccccc7)[C@@H]5[C@](OC(C)=O)(C[C@@H]6OC)[C@H]([C@H](OC)[C@H]23)[C@@H]14. The Kier molecular flexibility index (Phi) is 7.46. The summed E-state index contributed by atoms with van der Waals surface area (Å²) in [6, 6.07) is 9.02. The highest BCUT2D eigenvalue weighted by atomic mass is 16.6. The second-order valence-corrected chi connectivity index (χ2v) is 14.1. The molecular formula is C34H47NO9. The summed E-state index contributed by atoms with van der Waals surface area (Å²) in [5, 5.41) is 12.0. The predicted octanol–water partition coefficient (Wildman–Crippen LogP) is 2.56. The van der Waals surface area contributed by atoms with Crippen LogP contribution in [0.1, 0.15) is 43.5 Å². The van der Waals surface area contributed by atoms with Gasteiger partial charge in [-0.05, 0) is 31.0 Å². The molecule has 10 nitrogen and oxygen atoms in total. The number of methoxy groups -OCH3 is 4. The maximum absolute atomic E-state index is 13.7. The molecule has 1 aromatic carbocycles. The Hall–Kier alpha value is -2.08. The summed E-state index contributed by atoms with van der Waals surface area (Å²) in [7, 11) is 6.88. The molecule has 5 aliphatic carbocycles. The number of benzene rings is 1. The number of nitrogens with zero attached hydrogens (tertiary/aromatic N) is 1. The van der Waals surface area contributed by atoms with E-state index < -0.39 is 28.6 Å². The number of aliphatic hydroxyl groups is 1. The van der Waals surface area contributed by atoms with Crippen LogP contribution in [0.15, 0.2) is 30.3 Å². The lowest BCUT2D eigenvalue weighted by Crippen LogP contribution is -2.79. The lowest BCUT2D eigenvalue weighted by atomic mass is 9.42. The molecule has 1 aliphatic heterocycles. The Morgan fingerprint density at radius 2 is 1.75 bits per heavy atom. The molecule has 0 radical (unpaired) electrons. The van der Waals surface area contributed by atoms with Crippen molar-refractivity contribution < 1.29 is 43.1 Å². The fourth-order valence-electron chi connectivity index (χ4n) is 12.2. The summed E-state index contributed by atoms with van der Waals surface area (Å²) in [5.41, 5.74) is -1.61. The summed E-state index contributed by atoms with van der Waals surface area (Å²) in [6.07, 6.45) is -0.424. The zero-order chi connectivity index (χ0) is 31.2. The van der Waals surface area contributed by atoms with E-state index in [-0.39, 0.29) is 65.9 Å². The van der Waals surface area contributed by atoms with Gasteiger partial charge in [-0.3, -0.25) is 9.69 Å². The van der Waals surface area contributed by atoms with E-state index >= 15 is 0 Å². The molecule has 5 saturated carbocycles. The van der Waals surface area contributed by atoms with Crippen molar-refractivity contribution in [1.82, 2.24) is 4.90 Å². The summed E-state index contributed by atoms with van der Waals surface area (Å²) in [4.78, 5) is 29.4. The topological polar surface area (TPSA) is 113 Å². The van der Waals surface area contributed by atoms with Gasteiger partial charge >= 0.3 is 11.9 Å². The molecule has 0 aromatic heterocycles. The van der Waals surface area contributed by atoms with E-state index in [2.05, 4.69) is 11.8 Å². The zero-order valence-corrected chi connectivity index (χ0v) is 26.6. The Morgan fingerprint density at radius 1 is 1.00 bits per heavy atom. The van der Waals surface area contributed by atoms with Crippen molar-refractivity contribution in [2.45, 2.75) is 75.3 Å². The number of aliphatic hydroxyl groups excluding tert-OH is 1. The molecule has 10 heteroatoms. The number of hydrogen-bond donors (Lipinski definition) is 1. The maximum atomic E-state index is 13.7. The average Bonchev–Trinajstić information content (AvgIpc) is 3.44. The molecule has 0 unspecified atom stereocenters. The van der Waals surface area contributed by atoms with Crippen molar-refractivity contribution in [1.29, 1.82) is 0 Å². The van der Waals surface area contributed by atoms with Crippen LogP contribution in [-0.4, -0.2) is 112 Å². The number of carbonyl (C=O) groups is 2. The molecule has 1 aromatic rings. The normalized spacial score (nSPS) is 48.2. The van der Waals surface area contributed by atoms with Gasteiger partial charge in [-0.2, -0.15) is 0 Å². The third-order valence-corrected chi connectivity index (χ3v) is 13.0. The molecule has 1 N–H and O–H groups in total. The van der Waals surface area contributed by atoms with Crippen molar-refractivity contribution in [3.8, 4) is 0 Å². The minimum atomic E-state index is -1.01. The van der Waals surface area contributed by atoms with Crippen LogP contribution in [-0.2, 0) is 33.2 Å². The van der Waals surface area contributed by atoms with E-state index in [1.165, 1.54) is 6.92 Å². The number of fused-ring (bicyclic) bond motifs is 2. The first-order valence-electron chi connectivity index (χ1n) is 16.1. The van der Waals surface area contributed by atoms with Crippen LogP contribution in [0.25, 0.3) is 0 Å². The largest absolute Gasteiger partial charge is 0.458 e. The number of esters is 2. The van der Waals surface area contributed by atoms with E-state index in [1.807, 2.05) is 18.2 Å². The molecule has 1 saturated heterocycles. The van der Waals surface area contributed by atoms with E-state index in [0.29, 0.717) is 31.6 Å². The summed E-state index contributed by atoms with van der Waals surface area (Å²) < 4.78 is 38.3. The van der Waals surface area contributed by atoms with Gasteiger partial charge in [0.1, 0.15) is 11.7 Å². The number of likely N-dealkylation sites (tertiary alicyclic amines) is 1. The molecule has 6 fully saturated rings. The molecular weight excluding hydrogens is 566 g/mol. The van der Waals surface area contributed by atoms with Gasteiger partial charge in [0, 0.05) is 95.3 Å². The molecule has 7 bridgehead atoms. The molecule has 1 heterocycles. The van der Waals surface area contributed by atoms with Crippen molar-refractivity contribution >= 4 is 11.9 Å². The van der Waals surface area contributed by atoms with Crippen molar-refractivity contribution in [2.24, 2.45) is 40.4 Å². The predicted molar refractivity (Wildman–Crippen MR) is 158 cm³/mol. The Bertz CT molecular complexity index is 1280. The number of hydrogen-bond acceptors (Lipinski definition) is 10. The second-order valence-electron chi connectivity index (χ2n) is 14.1. The highest BCUT2D eigenvalue weighted by molar-refractivity contribution is 5.89. The third kappa shape index (κ3) is 3.64. The number of piperidine rings is 1. The minimum absolute atomic E-state index is 0.0367. The van der Waals surface area contributed by atoms with E-state index in [1.54, 1.807) is 40.6 Å². The first-order chi connectivity index (χ1) is 21.2. The van der Waals surface area contributed by atoms with Crippen LogP contribution in [0.4, 0.5) is 0 Å².